The van der Waals surface area contributed by atoms with Crippen molar-refractivity contribution in [2.45, 2.75) is 6.42 Å². The molecule has 1 radical (unpaired) electrons. The van der Waals surface area contributed by atoms with Gasteiger partial charge in [0.2, 0.25) is 0 Å². The Morgan fingerprint density at radius 1 is 1.00 bits per heavy atom. The van der Waals surface area contributed by atoms with Crippen LogP contribution in [-0.4, -0.2) is 49.3 Å². The first-order chi connectivity index (χ1) is 5.47. The Morgan fingerprint density at radius 2 is 1.82 bits per heavy atom. The van der Waals surface area contributed by atoms with Crippen molar-refractivity contribution in [1.82, 2.24) is 15.3 Å². The van der Waals surface area contributed by atoms with Gasteiger partial charge in [-0.1, -0.05) is 0 Å². The van der Waals surface area contributed by atoms with Crippen LogP contribution in [0.25, 0.3) is 0 Å². The number of nitrogens with one attached hydrogen (secondary N) is 1. The lowest BCUT2D eigenvalue weighted by Crippen LogP contribution is -2.51. The van der Waals surface area contributed by atoms with E-state index in [2.05, 4.69) is 21.8 Å². The van der Waals surface area contributed by atoms with Gasteiger partial charge in [-0.05, 0) is 12.8 Å². The van der Waals surface area contributed by atoms with E-state index in [1.807, 2.05) is 0 Å². The summed E-state index contributed by atoms with van der Waals surface area (Å²) in [6, 6.07) is 0. The molecule has 2 aliphatic rings. The second-order valence-electron chi connectivity index (χ2n) is 3.19. The summed E-state index contributed by atoms with van der Waals surface area (Å²) in [7, 11) is 0. The lowest BCUT2D eigenvalue weighted by molar-refractivity contribution is -0.0106. The van der Waals surface area contributed by atoms with Crippen molar-refractivity contribution >= 4 is 0 Å². The van der Waals surface area contributed by atoms with Crippen LogP contribution in [-0.2, 0) is 0 Å². The second kappa shape index (κ2) is 3.52. The molecule has 1 N–H and O–H groups in total. The van der Waals surface area contributed by atoms with Crippen molar-refractivity contribution in [3.63, 3.8) is 0 Å². The average molecular weight is 154 g/mol. The molecular weight excluding hydrogens is 138 g/mol. The average Bonchev–Trinajstić information content (AvgIpc) is 2.58. The number of hydrogen-bond donors (Lipinski definition) is 1. The molecule has 3 heteroatoms. The highest BCUT2D eigenvalue weighted by atomic mass is 15.6. The van der Waals surface area contributed by atoms with E-state index in [4.69, 9.17) is 0 Å². The van der Waals surface area contributed by atoms with Crippen LogP contribution in [0.4, 0.5) is 0 Å². The van der Waals surface area contributed by atoms with Crippen molar-refractivity contribution in [3.05, 3.63) is 6.42 Å². The molecule has 2 aliphatic heterocycles. The lowest BCUT2D eigenvalue weighted by atomic mass is 10.4. The van der Waals surface area contributed by atoms with Crippen molar-refractivity contribution in [2.75, 3.05) is 39.3 Å². The molecule has 0 amide bonds. The van der Waals surface area contributed by atoms with E-state index >= 15 is 0 Å². The number of piperazine rings is 1. The van der Waals surface area contributed by atoms with Gasteiger partial charge >= 0.3 is 0 Å². The lowest BCUT2D eigenvalue weighted by Gasteiger charge is -2.34. The Kier molecular flexibility index (Phi) is 2.41. The molecule has 0 aliphatic carbocycles. The normalized spacial score (nSPS) is 29.5. The van der Waals surface area contributed by atoms with E-state index in [9.17, 15) is 0 Å². The van der Waals surface area contributed by atoms with E-state index in [1.54, 1.807) is 0 Å². The third kappa shape index (κ3) is 1.72. The van der Waals surface area contributed by atoms with Gasteiger partial charge in [-0.25, -0.2) is 10.0 Å². The smallest absolute Gasteiger partial charge is 0.0259 e. The van der Waals surface area contributed by atoms with Crippen LogP contribution in [0.15, 0.2) is 0 Å². The number of nitrogens with zero attached hydrogens (tertiary/aromatic N) is 2. The topological polar surface area (TPSA) is 18.5 Å². The third-order valence-electron chi connectivity index (χ3n) is 2.42. The van der Waals surface area contributed by atoms with E-state index in [1.165, 1.54) is 32.6 Å². The van der Waals surface area contributed by atoms with Gasteiger partial charge in [0.05, 0.1) is 0 Å². The van der Waals surface area contributed by atoms with Gasteiger partial charge in [-0.3, -0.25) is 0 Å². The maximum atomic E-state index is 3.36. The first-order valence-corrected chi connectivity index (χ1v) is 4.49. The molecule has 63 valence electrons. The summed E-state index contributed by atoms with van der Waals surface area (Å²) >= 11 is 0. The van der Waals surface area contributed by atoms with Gasteiger partial charge in [0.25, 0.3) is 0 Å². The van der Waals surface area contributed by atoms with Crippen LogP contribution in [0, 0.1) is 6.42 Å². The summed E-state index contributed by atoms with van der Waals surface area (Å²) < 4.78 is 0. The fourth-order valence-corrected chi connectivity index (χ4v) is 1.76. The molecule has 0 aromatic heterocycles. The fraction of sp³-hybridized carbons (Fsp3) is 0.875. The van der Waals surface area contributed by atoms with E-state index in [-0.39, 0.29) is 0 Å². The molecule has 0 spiro atoms. The zero-order valence-corrected chi connectivity index (χ0v) is 6.92. The number of hydrogen-bond acceptors (Lipinski definition) is 3. The van der Waals surface area contributed by atoms with Gasteiger partial charge < -0.3 is 5.32 Å². The zero-order chi connectivity index (χ0) is 7.52. The highest BCUT2D eigenvalue weighted by molar-refractivity contribution is 4.80. The first-order valence-electron chi connectivity index (χ1n) is 4.49. The molecule has 0 unspecified atom stereocenters. The molecule has 0 atom stereocenters. The van der Waals surface area contributed by atoms with Crippen LogP contribution in [0.1, 0.15) is 6.42 Å². The minimum Gasteiger partial charge on any atom is -0.314 e. The van der Waals surface area contributed by atoms with Gasteiger partial charge in [-0.15, -0.1) is 0 Å². The van der Waals surface area contributed by atoms with E-state index in [0.717, 1.165) is 13.1 Å². The number of hydrazine groups is 1. The summed E-state index contributed by atoms with van der Waals surface area (Å²) in [4.78, 5) is 0. The zero-order valence-electron chi connectivity index (χ0n) is 6.92. The Hall–Kier alpha value is -0.120. The van der Waals surface area contributed by atoms with Crippen molar-refractivity contribution < 1.29 is 0 Å². The Bertz CT molecular complexity index is 115. The minimum absolute atomic E-state index is 1.15. The van der Waals surface area contributed by atoms with Crippen molar-refractivity contribution in [3.8, 4) is 0 Å². The van der Waals surface area contributed by atoms with Gasteiger partial charge in [0.1, 0.15) is 0 Å². The Balaban J connectivity index is 1.82. The third-order valence-corrected chi connectivity index (χ3v) is 2.42. The quantitative estimate of drug-likeness (QED) is 0.560. The summed E-state index contributed by atoms with van der Waals surface area (Å²) in [6.45, 7) is 7.08. The van der Waals surface area contributed by atoms with Crippen molar-refractivity contribution in [1.29, 1.82) is 0 Å². The van der Waals surface area contributed by atoms with Crippen LogP contribution in [0.2, 0.25) is 0 Å². The maximum absolute atomic E-state index is 3.36. The van der Waals surface area contributed by atoms with E-state index in [0.29, 0.717) is 0 Å². The highest BCUT2D eigenvalue weighted by Gasteiger charge is 2.20. The predicted octanol–water partition coefficient (Wildman–Crippen LogP) is -0.283. The number of rotatable bonds is 1. The fourth-order valence-electron chi connectivity index (χ4n) is 1.76. The summed E-state index contributed by atoms with van der Waals surface area (Å²) in [6.07, 6.45) is 3.63. The molecule has 11 heavy (non-hydrogen) atoms. The van der Waals surface area contributed by atoms with Crippen LogP contribution >= 0.6 is 0 Å². The molecule has 0 aromatic carbocycles. The monoisotopic (exact) mass is 154 g/mol. The summed E-state index contributed by atoms with van der Waals surface area (Å²) in [5.74, 6) is 0. The molecular formula is C8H16N3. The van der Waals surface area contributed by atoms with Crippen LogP contribution in [0.5, 0.6) is 0 Å². The Labute approximate surface area is 68.3 Å². The van der Waals surface area contributed by atoms with Crippen LogP contribution < -0.4 is 5.32 Å². The largest absolute Gasteiger partial charge is 0.314 e. The molecule has 3 nitrogen and oxygen atoms in total. The summed E-state index contributed by atoms with van der Waals surface area (Å²) in [5.41, 5.74) is 0. The molecule has 0 bridgehead atoms. The first kappa shape index (κ1) is 7.53. The molecule has 2 rings (SSSR count). The van der Waals surface area contributed by atoms with Crippen molar-refractivity contribution in [2.24, 2.45) is 0 Å². The molecule has 2 fully saturated rings. The predicted molar refractivity (Wildman–Crippen MR) is 44.9 cm³/mol. The molecule has 2 heterocycles. The van der Waals surface area contributed by atoms with E-state index < -0.39 is 0 Å². The Morgan fingerprint density at radius 3 is 2.45 bits per heavy atom. The molecule has 0 aromatic rings. The minimum atomic E-state index is 1.15. The second-order valence-corrected chi connectivity index (χ2v) is 3.19. The van der Waals surface area contributed by atoms with Gasteiger partial charge in [0, 0.05) is 39.3 Å². The van der Waals surface area contributed by atoms with Gasteiger partial charge in [-0.2, -0.15) is 0 Å². The maximum Gasteiger partial charge on any atom is 0.0259 e. The molecule has 2 saturated heterocycles. The highest BCUT2D eigenvalue weighted by Crippen LogP contribution is 2.10. The standard InChI is InChI=1S/C8H16N3/c1-2-6-10(5-1)11-7-3-9-4-8-11/h1,9H,2-8H2. The SMILES string of the molecule is [CH]1CCN(N2CCNCC2)C1. The summed E-state index contributed by atoms with van der Waals surface area (Å²) in [5, 5.41) is 8.29. The molecule has 0 saturated carbocycles. The van der Waals surface area contributed by atoms with Gasteiger partial charge in [0.15, 0.2) is 0 Å². The van der Waals surface area contributed by atoms with Crippen LogP contribution in [0.3, 0.4) is 0 Å².